The van der Waals surface area contributed by atoms with E-state index in [-0.39, 0.29) is 0 Å². The van der Waals surface area contributed by atoms with E-state index in [4.69, 9.17) is 13.9 Å². The average molecular weight is 328 g/mol. The molecule has 0 saturated heterocycles. The highest BCUT2D eigenvalue weighted by Crippen LogP contribution is 2.32. The van der Waals surface area contributed by atoms with Gasteiger partial charge in [0.2, 0.25) is 12.7 Å². The lowest BCUT2D eigenvalue weighted by Gasteiger charge is -2.15. The minimum atomic E-state index is 0.305. The molecule has 23 heavy (non-hydrogen) atoms. The van der Waals surface area contributed by atoms with Gasteiger partial charge in [-0.05, 0) is 36.2 Å². The SMILES string of the molecule is CN(Cc1ccc2c(c1)OCO2)Cc1coc(-c2cccs2)n1. The van der Waals surface area contributed by atoms with Gasteiger partial charge in [-0.1, -0.05) is 12.1 Å². The molecule has 0 N–H and O–H groups in total. The number of thiophene rings is 1. The first-order chi connectivity index (χ1) is 11.3. The van der Waals surface area contributed by atoms with E-state index in [0.29, 0.717) is 12.7 Å². The summed E-state index contributed by atoms with van der Waals surface area (Å²) in [5.41, 5.74) is 2.11. The van der Waals surface area contributed by atoms with Crippen LogP contribution in [0.2, 0.25) is 0 Å². The number of hydrogen-bond donors (Lipinski definition) is 0. The van der Waals surface area contributed by atoms with E-state index in [1.54, 1.807) is 17.6 Å². The molecule has 0 fully saturated rings. The maximum absolute atomic E-state index is 5.56. The summed E-state index contributed by atoms with van der Waals surface area (Å²) in [6, 6.07) is 10.0. The fraction of sp³-hybridized carbons (Fsp3) is 0.235. The van der Waals surface area contributed by atoms with Crippen molar-refractivity contribution in [3.05, 3.63) is 53.2 Å². The van der Waals surface area contributed by atoms with Gasteiger partial charge in [-0.2, -0.15) is 0 Å². The third kappa shape index (κ3) is 3.09. The molecule has 0 atom stereocenters. The van der Waals surface area contributed by atoms with Crippen LogP contribution in [0.1, 0.15) is 11.3 Å². The Morgan fingerprint density at radius 1 is 1.17 bits per heavy atom. The fourth-order valence-corrected chi connectivity index (χ4v) is 3.23. The van der Waals surface area contributed by atoms with Gasteiger partial charge in [0.05, 0.1) is 10.6 Å². The molecule has 3 heterocycles. The van der Waals surface area contributed by atoms with Gasteiger partial charge in [-0.3, -0.25) is 4.90 Å². The predicted molar refractivity (Wildman–Crippen MR) is 87.6 cm³/mol. The number of rotatable bonds is 5. The normalized spacial score (nSPS) is 13.0. The van der Waals surface area contributed by atoms with Crippen molar-refractivity contribution in [2.75, 3.05) is 13.8 Å². The molecule has 0 spiro atoms. The van der Waals surface area contributed by atoms with E-state index in [1.807, 2.05) is 29.6 Å². The molecule has 0 radical (unpaired) electrons. The van der Waals surface area contributed by atoms with Crippen LogP contribution >= 0.6 is 11.3 Å². The van der Waals surface area contributed by atoms with Gasteiger partial charge in [0, 0.05) is 13.1 Å². The number of oxazole rings is 1. The number of ether oxygens (including phenoxy) is 2. The molecular weight excluding hydrogens is 312 g/mol. The summed E-state index contributed by atoms with van der Waals surface area (Å²) >= 11 is 1.63. The third-order valence-corrected chi connectivity index (χ3v) is 4.46. The summed E-state index contributed by atoms with van der Waals surface area (Å²) in [4.78, 5) is 7.79. The highest BCUT2D eigenvalue weighted by molar-refractivity contribution is 7.13. The first-order valence-electron chi connectivity index (χ1n) is 7.33. The Morgan fingerprint density at radius 3 is 2.96 bits per heavy atom. The molecule has 0 bridgehead atoms. The van der Waals surface area contributed by atoms with Crippen molar-refractivity contribution in [3.63, 3.8) is 0 Å². The first kappa shape index (κ1) is 14.3. The van der Waals surface area contributed by atoms with Crippen LogP contribution in [0.25, 0.3) is 10.8 Å². The summed E-state index contributed by atoms with van der Waals surface area (Å²) in [7, 11) is 2.06. The van der Waals surface area contributed by atoms with Crippen molar-refractivity contribution in [1.82, 2.24) is 9.88 Å². The summed E-state index contributed by atoms with van der Waals surface area (Å²) in [5, 5.41) is 2.02. The molecule has 2 aromatic heterocycles. The van der Waals surface area contributed by atoms with E-state index in [2.05, 4.69) is 23.0 Å². The minimum absolute atomic E-state index is 0.305. The lowest BCUT2D eigenvalue weighted by atomic mass is 10.2. The molecule has 4 rings (SSSR count). The lowest BCUT2D eigenvalue weighted by molar-refractivity contribution is 0.174. The molecule has 1 aromatic carbocycles. The van der Waals surface area contributed by atoms with Crippen LogP contribution < -0.4 is 9.47 Å². The first-order valence-corrected chi connectivity index (χ1v) is 8.21. The van der Waals surface area contributed by atoms with Gasteiger partial charge < -0.3 is 13.9 Å². The molecule has 6 heteroatoms. The van der Waals surface area contributed by atoms with Crippen LogP contribution in [-0.2, 0) is 13.1 Å². The molecule has 0 aliphatic carbocycles. The fourth-order valence-electron chi connectivity index (χ4n) is 2.58. The number of fused-ring (bicyclic) bond motifs is 1. The van der Waals surface area contributed by atoms with Crippen LogP contribution in [0.3, 0.4) is 0 Å². The van der Waals surface area contributed by atoms with Crippen molar-refractivity contribution in [3.8, 4) is 22.3 Å². The van der Waals surface area contributed by atoms with Crippen LogP contribution in [0.5, 0.6) is 11.5 Å². The van der Waals surface area contributed by atoms with Gasteiger partial charge in [0.15, 0.2) is 11.5 Å². The second kappa shape index (κ2) is 6.06. The molecule has 0 saturated carbocycles. The second-order valence-electron chi connectivity index (χ2n) is 5.48. The lowest BCUT2D eigenvalue weighted by Crippen LogP contribution is -2.17. The smallest absolute Gasteiger partial charge is 0.236 e. The van der Waals surface area contributed by atoms with Crippen molar-refractivity contribution in [2.24, 2.45) is 0 Å². The monoisotopic (exact) mass is 328 g/mol. The molecule has 0 unspecified atom stereocenters. The maximum atomic E-state index is 5.56. The quantitative estimate of drug-likeness (QED) is 0.713. The second-order valence-corrected chi connectivity index (χ2v) is 6.43. The van der Waals surface area contributed by atoms with Crippen molar-refractivity contribution in [1.29, 1.82) is 0 Å². The van der Waals surface area contributed by atoms with Crippen LogP contribution in [-0.4, -0.2) is 23.7 Å². The van der Waals surface area contributed by atoms with Gasteiger partial charge in [0.1, 0.15) is 6.26 Å². The zero-order valence-corrected chi connectivity index (χ0v) is 13.5. The van der Waals surface area contributed by atoms with Gasteiger partial charge in [0.25, 0.3) is 0 Å². The van der Waals surface area contributed by atoms with E-state index >= 15 is 0 Å². The zero-order valence-electron chi connectivity index (χ0n) is 12.7. The van der Waals surface area contributed by atoms with E-state index in [9.17, 15) is 0 Å². The topological polar surface area (TPSA) is 47.7 Å². The minimum Gasteiger partial charge on any atom is -0.454 e. The highest BCUT2D eigenvalue weighted by Gasteiger charge is 2.14. The van der Waals surface area contributed by atoms with E-state index in [0.717, 1.165) is 35.2 Å². The van der Waals surface area contributed by atoms with Crippen LogP contribution in [0, 0.1) is 0 Å². The number of aromatic nitrogens is 1. The molecular formula is C17H16N2O3S. The van der Waals surface area contributed by atoms with Crippen LogP contribution in [0.15, 0.2) is 46.4 Å². The van der Waals surface area contributed by atoms with Crippen LogP contribution in [0.4, 0.5) is 0 Å². The molecule has 1 aliphatic heterocycles. The third-order valence-electron chi connectivity index (χ3n) is 3.61. The number of nitrogens with zero attached hydrogens (tertiary/aromatic N) is 2. The van der Waals surface area contributed by atoms with Crippen molar-refractivity contribution < 1.29 is 13.9 Å². The molecule has 0 amide bonds. The average Bonchev–Trinajstić information content (AvgIpc) is 3.27. The molecule has 5 nitrogen and oxygen atoms in total. The van der Waals surface area contributed by atoms with Crippen molar-refractivity contribution >= 4 is 11.3 Å². The standard InChI is InChI=1S/C17H16N2O3S/c1-19(8-12-4-5-14-15(7-12)22-11-21-14)9-13-10-20-17(18-13)16-3-2-6-23-16/h2-7,10H,8-9,11H2,1H3. The van der Waals surface area contributed by atoms with Gasteiger partial charge >= 0.3 is 0 Å². The number of benzene rings is 1. The molecule has 118 valence electrons. The predicted octanol–water partition coefficient (Wildman–Crippen LogP) is 3.76. The summed E-state index contributed by atoms with van der Waals surface area (Å²) in [6.07, 6.45) is 1.73. The molecule has 3 aromatic rings. The zero-order chi connectivity index (χ0) is 15.6. The Morgan fingerprint density at radius 2 is 2.09 bits per heavy atom. The van der Waals surface area contributed by atoms with E-state index < -0.39 is 0 Å². The Kier molecular flexibility index (Phi) is 3.77. The largest absolute Gasteiger partial charge is 0.454 e. The highest BCUT2D eigenvalue weighted by atomic mass is 32.1. The summed E-state index contributed by atoms with van der Waals surface area (Å²) in [6.45, 7) is 1.83. The maximum Gasteiger partial charge on any atom is 0.236 e. The Labute approximate surface area is 138 Å². The Hall–Kier alpha value is -2.31. The molecule has 1 aliphatic rings. The Balaban J connectivity index is 1.41. The van der Waals surface area contributed by atoms with Gasteiger partial charge in [-0.25, -0.2) is 4.98 Å². The number of hydrogen-bond acceptors (Lipinski definition) is 6. The summed E-state index contributed by atoms with van der Waals surface area (Å²) in [5.74, 6) is 2.32. The Bertz CT molecular complexity index is 798. The van der Waals surface area contributed by atoms with Gasteiger partial charge in [-0.15, -0.1) is 11.3 Å². The summed E-state index contributed by atoms with van der Waals surface area (Å²) < 4.78 is 16.3. The van der Waals surface area contributed by atoms with Crippen molar-refractivity contribution in [2.45, 2.75) is 13.1 Å². The van der Waals surface area contributed by atoms with E-state index in [1.165, 1.54) is 5.56 Å².